The summed E-state index contributed by atoms with van der Waals surface area (Å²) in [6.45, 7) is 9.11. The molecule has 0 fully saturated rings. The molecule has 200 valence electrons. The van der Waals surface area contributed by atoms with E-state index in [4.69, 9.17) is 14.3 Å². The minimum atomic E-state index is -0.566. The number of nitrogens with zero attached hydrogens (tertiary/aromatic N) is 3. The molecule has 0 radical (unpaired) electrons. The van der Waals surface area contributed by atoms with Crippen molar-refractivity contribution >= 4 is 11.3 Å². The first-order valence-electron chi connectivity index (χ1n) is 13.5. The maximum absolute atomic E-state index is 11.5. The summed E-state index contributed by atoms with van der Waals surface area (Å²) in [4.78, 5) is 21.6. The zero-order chi connectivity index (χ0) is 27.4. The van der Waals surface area contributed by atoms with Crippen molar-refractivity contribution < 1.29 is 9.26 Å². The van der Waals surface area contributed by atoms with E-state index in [-0.39, 0.29) is 12.3 Å². The van der Waals surface area contributed by atoms with Crippen LogP contribution in [-0.4, -0.2) is 33.0 Å². The molecule has 0 amide bonds. The number of aliphatic imine (C=N–C) groups is 1. The first-order chi connectivity index (χ1) is 18.9. The van der Waals surface area contributed by atoms with Gasteiger partial charge in [0.25, 0.3) is 0 Å². The minimum Gasteiger partial charge on any atom is -0.491 e. The van der Waals surface area contributed by atoms with Crippen molar-refractivity contribution in [2.45, 2.75) is 59.4 Å². The van der Waals surface area contributed by atoms with Gasteiger partial charge in [-0.2, -0.15) is 0 Å². The summed E-state index contributed by atoms with van der Waals surface area (Å²) in [5.41, 5.74) is 7.34. The minimum absolute atomic E-state index is 0.103. The number of hydrogen-bond donors (Lipinski definition) is 1. The molecular formula is C32H34N4O3. The van der Waals surface area contributed by atoms with Crippen LogP contribution in [0.1, 0.15) is 51.7 Å². The van der Waals surface area contributed by atoms with Gasteiger partial charge in [-0.1, -0.05) is 79.2 Å². The Labute approximate surface area is 228 Å². The third-order valence-corrected chi connectivity index (χ3v) is 6.75. The normalized spacial score (nSPS) is 15.3. The smallest absolute Gasteiger partial charge is 0.439 e. The molecule has 0 saturated heterocycles. The van der Waals surface area contributed by atoms with Crippen LogP contribution in [0.2, 0.25) is 0 Å². The molecule has 1 aliphatic heterocycles. The fourth-order valence-electron chi connectivity index (χ4n) is 4.91. The van der Waals surface area contributed by atoms with E-state index < -0.39 is 5.76 Å². The average Bonchev–Trinajstić information content (AvgIpc) is 3.37. The average molecular weight is 523 g/mol. The van der Waals surface area contributed by atoms with Crippen LogP contribution in [0.5, 0.6) is 5.75 Å². The largest absolute Gasteiger partial charge is 0.491 e. The molecule has 0 spiro atoms. The Hall–Kier alpha value is -4.39. The highest BCUT2D eigenvalue weighted by molar-refractivity contribution is 6.23. The molecular weight excluding hydrogens is 488 g/mol. The summed E-state index contributed by atoms with van der Waals surface area (Å²) >= 11 is 0. The number of aromatic nitrogens is 2. The van der Waals surface area contributed by atoms with Crippen LogP contribution < -0.4 is 10.5 Å². The number of ether oxygens (including phenoxy) is 1. The van der Waals surface area contributed by atoms with E-state index in [0.717, 1.165) is 58.7 Å². The second kappa shape index (κ2) is 11.6. The Morgan fingerprint density at radius 3 is 2.31 bits per heavy atom. The first-order valence-corrected chi connectivity index (χ1v) is 13.5. The lowest BCUT2D eigenvalue weighted by Gasteiger charge is -2.33. The van der Waals surface area contributed by atoms with Crippen LogP contribution in [0.15, 0.2) is 93.3 Å². The molecule has 0 bridgehead atoms. The van der Waals surface area contributed by atoms with Gasteiger partial charge in [-0.25, -0.2) is 4.79 Å². The molecule has 1 aromatic heterocycles. The van der Waals surface area contributed by atoms with E-state index in [0.29, 0.717) is 5.82 Å². The Balaban J connectivity index is 1.39. The highest BCUT2D eigenvalue weighted by atomic mass is 16.5. The lowest BCUT2D eigenvalue weighted by molar-refractivity contribution is 0.242. The fourth-order valence-corrected chi connectivity index (χ4v) is 4.91. The quantitative estimate of drug-likeness (QED) is 0.258. The molecule has 1 atom stereocenters. The predicted octanol–water partition coefficient (Wildman–Crippen LogP) is 6.93. The third kappa shape index (κ3) is 6.03. The number of aromatic amines is 1. The van der Waals surface area contributed by atoms with Gasteiger partial charge in [0.05, 0.1) is 6.10 Å². The van der Waals surface area contributed by atoms with Gasteiger partial charge in [-0.15, -0.1) is 0 Å². The lowest BCUT2D eigenvalue weighted by atomic mass is 9.97. The summed E-state index contributed by atoms with van der Waals surface area (Å²) in [5, 5.41) is 3.87. The lowest BCUT2D eigenvalue weighted by Crippen LogP contribution is -2.33. The first kappa shape index (κ1) is 26.2. The fraction of sp³-hybridized carbons (Fsp3) is 0.281. The second-order valence-corrected chi connectivity index (χ2v) is 10.1. The monoisotopic (exact) mass is 522 g/mol. The molecule has 4 aromatic rings. The Bertz CT molecular complexity index is 1530. The molecule has 7 nitrogen and oxygen atoms in total. The van der Waals surface area contributed by atoms with Gasteiger partial charge in [-0.05, 0) is 61.6 Å². The maximum Gasteiger partial charge on any atom is 0.439 e. The van der Waals surface area contributed by atoms with Crippen LogP contribution in [0, 0.1) is 0 Å². The van der Waals surface area contributed by atoms with Crippen molar-refractivity contribution in [3.63, 3.8) is 0 Å². The zero-order valence-corrected chi connectivity index (χ0v) is 22.8. The highest BCUT2D eigenvalue weighted by Crippen LogP contribution is 2.31. The van der Waals surface area contributed by atoms with E-state index in [1.54, 1.807) is 0 Å². The van der Waals surface area contributed by atoms with E-state index in [9.17, 15) is 4.79 Å². The summed E-state index contributed by atoms with van der Waals surface area (Å²) in [6, 6.07) is 24.6. The molecule has 1 N–H and O–H groups in total. The van der Waals surface area contributed by atoms with Crippen molar-refractivity contribution in [1.82, 2.24) is 15.0 Å². The summed E-state index contributed by atoms with van der Waals surface area (Å²) in [6.07, 6.45) is 4.55. The van der Waals surface area contributed by atoms with Gasteiger partial charge in [0.2, 0.25) is 0 Å². The van der Waals surface area contributed by atoms with Crippen molar-refractivity contribution in [2.75, 3.05) is 0 Å². The molecule has 0 saturated carbocycles. The second-order valence-electron chi connectivity index (χ2n) is 10.1. The summed E-state index contributed by atoms with van der Waals surface area (Å²) < 4.78 is 10.5. The van der Waals surface area contributed by atoms with Gasteiger partial charge in [-0.3, -0.25) is 14.5 Å². The number of hydrogen-bond acceptors (Lipinski definition) is 6. The SMILES string of the molecule is CCCC1N=C(C)C(c2ccc(OC(C)C)cc2)=CN1Cc1ccc(-c2ccccc2-c2noc(=O)[nH]2)cc1. The summed E-state index contributed by atoms with van der Waals surface area (Å²) in [5.74, 6) is 0.727. The van der Waals surface area contributed by atoms with Crippen molar-refractivity contribution in [1.29, 1.82) is 0 Å². The third-order valence-electron chi connectivity index (χ3n) is 6.75. The molecule has 0 aliphatic carbocycles. The van der Waals surface area contributed by atoms with Crippen molar-refractivity contribution in [3.05, 3.63) is 101 Å². The van der Waals surface area contributed by atoms with E-state index >= 15 is 0 Å². The molecule has 1 unspecified atom stereocenters. The van der Waals surface area contributed by atoms with Crippen LogP contribution >= 0.6 is 0 Å². The molecule has 1 aliphatic rings. The van der Waals surface area contributed by atoms with Crippen LogP contribution in [0.3, 0.4) is 0 Å². The Kier molecular flexibility index (Phi) is 7.77. The maximum atomic E-state index is 11.5. The van der Waals surface area contributed by atoms with E-state index in [1.807, 2.05) is 50.2 Å². The van der Waals surface area contributed by atoms with Crippen LogP contribution in [-0.2, 0) is 6.54 Å². The number of nitrogens with one attached hydrogen (secondary N) is 1. The van der Waals surface area contributed by atoms with Gasteiger partial charge < -0.3 is 9.64 Å². The predicted molar refractivity (Wildman–Crippen MR) is 156 cm³/mol. The van der Waals surface area contributed by atoms with Gasteiger partial charge in [0.1, 0.15) is 11.9 Å². The Morgan fingerprint density at radius 1 is 0.974 bits per heavy atom. The number of allylic oxidation sites excluding steroid dienone is 1. The molecule has 7 heteroatoms. The van der Waals surface area contributed by atoms with Crippen molar-refractivity contribution in [3.8, 4) is 28.3 Å². The highest BCUT2D eigenvalue weighted by Gasteiger charge is 2.22. The zero-order valence-electron chi connectivity index (χ0n) is 22.8. The van der Waals surface area contributed by atoms with Crippen molar-refractivity contribution in [2.24, 2.45) is 4.99 Å². The summed E-state index contributed by atoms with van der Waals surface area (Å²) in [7, 11) is 0. The van der Waals surface area contributed by atoms with Crippen LogP contribution in [0.25, 0.3) is 28.1 Å². The molecule has 2 heterocycles. The molecule has 39 heavy (non-hydrogen) atoms. The van der Waals surface area contributed by atoms with Gasteiger partial charge in [0.15, 0.2) is 5.82 Å². The van der Waals surface area contributed by atoms with E-state index in [2.05, 4.69) is 71.5 Å². The van der Waals surface area contributed by atoms with E-state index in [1.165, 1.54) is 5.56 Å². The van der Waals surface area contributed by atoms with Gasteiger partial charge in [0, 0.05) is 29.6 Å². The number of benzene rings is 3. The standard InChI is InChI=1S/C32H34N4O3/c1-5-8-30-33-22(4)29(25-15-17-26(18-16-25)38-21(2)3)20-36(30)19-23-11-13-24(14-12-23)27-9-6-7-10-28(27)31-34-32(37)39-35-31/h6-7,9-18,20-21,30H,5,8,19H2,1-4H3,(H,34,35,37). The topological polar surface area (TPSA) is 83.7 Å². The van der Waals surface area contributed by atoms with Crippen LogP contribution in [0.4, 0.5) is 0 Å². The molecule has 3 aromatic carbocycles. The number of H-pyrrole nitrogens is 1. The molecule has 5 rings (SSSR count). The number of rotatable bonds is 9. The van der Waals surface area contributed by atoms with Gasteiger partial charge >= 0.3 is 5.76 Å². The Morgan fingerprint density at radius 2 is 1.67 bits per heavy atom.